The van der Waals surface area contributed by atoms with Crippen molar-refractivity contribution in [3.05, 3.63) is 72.2 Å². The van der Waals surface area contributed by atoms with Crippen molar-refractivity contribution in [3.63, 3.8) is 0 Å². The molecule has 0 bridgehead atoms. The van der Waals surface area contributed by atoms with Crippen molar-refractivity contribution < 1.29 is 13.2 Å². The fraction of sp³-hybridized carbons (Fsp3) is 0.250. The number of anilines is 2. The second-order valence-electron chi connectivity index (χ2n) is 8.03. The van der Waals surface area contributed by atoms with Crippen LogP contribution in [0, 0.1) is 6.92 Å². The number of halogens is 3. The van der Waals surface area contributed by atoms with Gasteiger partial charge < -0.3 is 9.80 Å². The Hall–Kier alpha value is -3.55. The second kappa shape index (κ2) is 7.85. The number of nitrogens with zero attached hydrogens (tertiary/aromatic N) is 4. The van der Waals surface area contributed by atoms with E-state index in [0.29, 0.717) is 5.56 Å². The van der Waals surface area contributed by atoms with Crippen LogP contribution < -0.4 is 9.80 Å². The topological polar surface area (TPSA) is 48.1 Å². The highest BCUT2D eigenvalue weighted by molar-refractivity contribution is 5.95. The van der Waals surface area contributed by atoms with Crippen LogP contribution in [0.15, 0.2) is 60.9 Å². The molecule has 8 heteroatoms. The number of hydrogen-bond donors (Lipinski definition) is 1. The molecule has 1 aliphatic rings. The summed E-state index contributed by atoms with van der Waals surface area (Å²) in [4.78, 5) is 9.06. The number of fused-ring (bicyclic) bond motifs is 1. The quantitative estimate of drug-likeness (QED) is 0.474. The standard InChI is InChI=1S/C24H22F3N5/c1-16-3-2-4-18(13-16)31-9-11-32(12-10-31)22-7-8-28-21-6-5-17(14-19(21)22)20-15-29-30-23(20)24(25,26)27/h2-8,13-15H,9-12H2,1H3,(H,29,30). The highest BCUT2D eigenvalue weighted by Crippen LogP contribution is 2.37. The number of alkyl halides is 3. The molecule has 1 saturated heterocycles. The van der Waals surface area contributed by atoms with E-state index in [2.05, 4.69) is 56.2 Å². The molecule has 32 heavy (non-hydrogen) atoms. The molecule has 5 rings (SSSR count). The van der Waals surface area contributed by atoms with Crippen molar-refractivity contribution in [2.75, 3.05) is 36.0 Å². The Morgan fingerprint density at radius 2 is 1.72 bits per heavy atom. The van der Waals surface area contributed by atoms with Crippen LogP contribution in [0.3, 0.4) is 0 Å². The predicted molar refractivity (Wildman–Crippen MR) is 120 cm³/mol. The first-order chi connectivity index (χ1) is 15.4. The summed E-state index contributed by atoms with van der Waals surface area (Å²) in [6.45, 7) is 5.46. The molecule has 164 valence electrons. The van der Waals surface area contributed by atoms with E-state index < -0.39 is 11.9 Å². The molecule has 5 nitrogen and oxygen atoms in total. The lowest BCUT2D eigenvalue weighted by Crippen LogP contribution is -2.46. The van der Waals surface area contributed by atoms with Gasteiger partial charge in [-0.25, -0.2) is 0 Å². The van der Waals surface area contributed by atoms with Crippen molar-refractivity contribution in [1.29, 1.82) is 0 Å². The van der Waals surface area contributed by atoms with E-state index in [0.717, 1.165) is 42.8 Å². The van der Waals surface area contributed by atoms with E-state index in [1.807, 2.05) is 6.07 Å². The molecule has 2 aromatic carbocycles. The molecule has 1 aliphatic heterocycles. The van der Waals surface area contributed by atoms with E-state index in [1.54, 1.807) is 24.4 Å². The Balaban J connectivity index is 1.45. The predicted octanol–water partition coefficient (Wildman–Crippen LogP) is 5.28. The zero-order valence-electron chi connectivity index (χ0n) is 17.5. The molecule has 0 aliphatic carbocycles. The van der Waals surface area contributed by atoms with Crippen molar-refractivity contribution in [3.8, 4) is 11.1 Å². The zero-order valence-corrected chi connectivity index (χ0v) is 17.5. The van der Waals surface area contributed by atoms with Gasteiger partial charge in [-0.1, -0.05) is 18.2 Å². The fourth-order valence-corrected chi connectivity index (χ4v) is 4.33. The van der Waals surface area contributed by atoms with Crippen molar-refractivity contribution in [1.82, 2.24) is 15.2 Å². The Kier molecular flexibility index (Phi) is 5.00. The van der Waals surface area contributed by atoms with E-state index in [4.69, 9.17) is 0 Å². The van der Waals surface area contributed by atoms with Gasteiger partial charge in [-0.05, 0) is 48.4 Å². The Labute approximate surface area is 183 Å². The van der Waals surface area contributed by atoms with Crippen molar-refractivity contribution in [2.24, 2.45) is 0 Å². The van der Waals surface area contributed by atoms with Gasteiger partial charge >= 0.3 is 6.18 Å². The molecule has 4 aromatic rings. The molecule has 0 saturated carbocycles. The van der Waals surface area contributed by atoms with E-state index in [9.17, 15) is 13.2 Å². The Morgan fingerprint density at radius 1 is 0.938 bits per heavy atom. The van der Waals surface area contributed by atoms with E-state index >= 15 is 0 Å². The average molecular weight is 437 g/mol. The molecule has 0 amide bonds. The number of aryl methyl sites for hydroxylation is 1. The number of nitrogens with one attached hydrogen (secondary N) is 1. The third kappa shape index (κ3) is 3.77. The fourth-order valence-electron chi connectivity index (χ4n) is 4.33. The summed E-state index contributed by atoms with van der Waals surface area (Å²) in [5, 5.41) is 6.55. The molecule has 1 N–H and O–H groups in total. The number of pyridine rings is 1. The minimum Gasteiger partial charge on any atom is -0.368 e. The second-order valence-corrected chi connectivity index (χ2v) is 8.03. The highest BCUT2D eigenvalue weighted by atomic mass is 19.4. The molecule has 0 radical (unpaired) electrons. The Morgan fingerprint density at radius 3 is 2.47 bits per heavy atom. The SMILES string of the molecule is Cc1cccc(N2CCN(c3ccnc4ccc(-c5cn[nH]c5C(F)(F)F)cc34)CC2)c1. The summed E-state index contributed by atoms with van der Waals surface area (Å²) in [5.41, 5.74) is 3.85. The number of H-pyrrole nitrogens is 1. The van der Waals surface area contributed by atoms with Gasteiger partial charge in [-0.15, -0.1) is 0 Å². The van der Waals surface area contributed by atoms with Crippen LogP contribution in [0.4, 0.5) is 24.5 Å². The summed E-state index contributed by atoms with van der Waals surface area (Å²) in [7, 11) is 0. The van der Waals surface area contributed by atoms with Gasteiger partial charge in [-0.2, -0.15) is 18.3 Å². The van der Waals surface area contributed by atoms with Crippen LogP contribution in [0.1, 0.15) is 11.3 Å². The zero-order chi connectivity index (χ0) is 22.3. The third-order valence-electron chi connectivity index (χ3n) is 5.94. The van der Waals surface area contributed by atoms with Crippen LogP contribution in [0.2, 0.25) is 0 Å². The lowest BCUT2D eigenvalue weighted by Gasteiger charge is -2.38. The van der Waals surface area contributed by atoms with Gasteiger partial charge in [0.25, 0.3) is 0 Å². The van der Waals surface area contributed by atoms with Gasteiger partial charge in [0.1, 0.15) is 5.69 Å². The summed E-state index contributed by atoms with van der Waals surface area (Å²) >= 11 is 0. The normalized spacial score (nSPS) is 14.9. The molecule has 0 atom stereocenters. The molecular formula is C24H22F3N5. The highest BCUT2D eigenvalue weighted by Gasteiger charge is 2.36. The summed E-state index contributed by atoms with van der Waals surface area (Å²) in [6.07, 6.45) is -1.52. The lowest BCUT2D eigenvalue weighted by atomic mass is 10.0. The molecule has 2 aromatic heterocycles. The molecule has 3 heterocycles. The first-order valence-electron chi connectivity index (χ1n) is 10.5. The number of aromatic nitrogens is 3. The minimum atomic E-state index is -4.50. The summed E-state index contributed by atoms with van der Waals surface area (Å²) in [5.74, 6) is 0. The van der Waals surface area contributed by atoms with Gasteiger partial charge in [-0.3, -0.25) is 10.1 Å². The maximum Gasteiger partial charge on any atom is 0.433 e. The van der Waals surface area contributed by atoms with Gasteiger partial charge in [0.15, 0.2) is 0 Å². The molecule has 0 unspecified atom stereocenters. The van der Waals surface area contributed by atoms with Gasteiger partial charge in [0.2, 0.25) is 0 Å². The smallest absolute Gasteiger partial charge is 0.368 e. The number of benzene rings is 2. The van der Waals surface area contributed by atoms with Crippen LogP contribution in [0.25, 0.3) is 22.0 Å². The number of aromatic amines is 1. The monoisotopic (exact) mass is 437 g/mol. The molecular weight excluding hydrogens is 415 g/mol. The molecule has 1 fully saturated rings. The Bertz CT molecular complexity index is 1260. The van der Waals surface area contributed by atoms with Crippen molar-refractivity contribution >= 4 is 22.3 Å². The number of hydrogen-bond acceptors (Lipinski definition) is 4. The maximum absolute atomic E-state index is 13.4. The van der Waals surface area contributed by atoms with Gasteiger partial charge in [0, 0.05) is 54.7 Å². The third-order valence-corrected chi connectivity index (χ3v) is 5.94. The number of piperazine rings is 1. The first-order valence-corrected chi connectivity index (χ1v) is 10.5. The van der Waals surface area contributed by atoms with Crippen LogP contribution in [-0.2, 0) is 6.18 Å². The van der Waals surface area contributed by atoms with Crippen LogP contribution >= 0.6 is 0 Å². The largest absolute Gasteiger partial charge is 0.433 e. The lowest BCUT2D eigenvalue weighted by molar-refractivity contribution is -0.140. The maximum atomic E-state index is 13.4. The summed E-state index contributed by atoms with van der Waals surface area (Å²) < 4.78 is 40.1. The van der Waals surface area contributed by atoms with Gasteiger partial charge in [0.05, 0.1) is 11.7 Å². The number of rotatable bonds is 3. The van der Waals surface area contributed by atoms with Crippen molar-refractivity contribution in [2.45, 2.75) is 13.1 Å². The minimum absolute atomic E-state index is 0.0402. The molecule has 0 spiro atoms. The van der Waals surface area contributed by atoms with Crippen LogP contribution in [-0.4, -0.2) is 41.4 Å². The van der Waals surface area contributed by atoms with E-state index in [-0.39, 0.29) is 5.56 Å². The average Bonchev–Trinajstić information content (AvgIpc) is 3.29. The van der Waals surface area contributed by atoms with Crippen LogP contribution in [0.5, 0.6) is 0 Å². The first kappa shape index (κ1) is 20.4. The van der Waals surface area contributed by atoms with E-state index in [1.165, 1.54) is 17.4 Å². The summed E-state index contributed by atoms with van der Waals surface area (Å²) in [6, 6.07) is 15.6.